The molecular weight excluding hydrogens is 350 g/mol. The van der Waals surface area contributed by atoms with Crippen LogP contribution in [0.15, 0.2) is 42.5 Å². The molecule has 6 heteroatoms. The fourth-order valence-corrected chi connectivity index (χ4v) is 2.64. The minimum Gasteiger partial charge on any atom is -0.399 e. The normalized spacial score (nSPS) is 9.96. The molecular formula is C20H26ClN3O2. The van der Waals surface area contributed by atoms with Crippen molar-refractivity contribution in [2.45, 2.75) is 27.2 Å². The first-order chi connectivity index (χ1) is 11.9. The molecule has 0 aliphatic rings. The number of amides is 2. The van der Waals surface area contributed by atoms with Crippen LogP contribution in [0.1, 0.15) is 34.8 Å². The highest BCUT2D eigenvalue weighted by atomic mass is 35.5. The minimum absolute atomic E-state index is 0. The van der Waals surface area contributed by atoms with Gasteiger partial charge in [-0.2, -0.15) is 0 Å². The molecule has 140 valence electrons. The van der Waals surface area contributed by atoms with Gasteiger partial charge >= 0.3 is 0 Å². The molecule has 0 aliphatic heterocycles. The van der Waals surface area contributed by atoms with Gasteiger partial charge in [0.2, 0.25) is 5.91 Å². The summed E-state index contributed by atoms with van der Waals surface area (Å²) >= 11 is 0. The molecule has 3 N–H and O–H groups in total. The molecule has 0 spiro atoms. The molecule has 0 heterocycles. The van der Waals surface area contributed by atoms with Crippen molar-refractivity contribution in [1.82, 2.24) is 4.90 Å². The molecule has 2 aromatic rings. The molecule has 2 rings (SSSR count). The number of nitrogens with zero attached hydrogens (tertiary/aromatic N) is 1. The number of carbonyl (C=O) groups is 2. The van der Waals surface area contributed by atoms with E-state index in [1.54, 1.807) is 17.0 Å². The van der Waals surface area contributed by atoms with Crippen molar-refractivity contribution in [3.05, 3.63) is 59.2 Å². The van der Waals surface area contributed by atoms with E-state index in [2.05, 4.69) is 5.32 Å². The first kappa shape index (κ1) is 21.5. The van der Waals surface area contributed by atoms with E-state index < -0.39 is 0 Å². The standard InChI is InChI=1S/C20H25N3O2.ClH/c1-4-11-23(20(25)17-12-16(21)10-9-14(17)2)13-19(24)22-18-8-6-5-7-15(18)3;/h5-10,12H,4,11,13,21H2,1-3H3,(H,22,24);1H. The Morgan fingerprint density at radius 2 is 1.77 bits per heavy atom. The summed E-state index contributed by atoms with van der Waals surface area (Å²) in [5.74, 6) is -0.385. The Hall–Kier alpha value is -2.53. The summed E-state index contributed by atoms with van der Waals surface area (Å²) in [5, 5.41) is 2.87. The fourth-order valence-electron chi connectivity index (χ4n) is 2.64. The van der Waals surface area contributed by atoms with E-state index in [4.69, 9.17) is 5.73 Å². The molecule has 0 unspecified atom stereocenters. The molecule has 2 amide bonds. The number of benzene rings is 2. The molecule has 0 aliphatic carbocycles. The highest BCUT2D eigenvalue weighted by Gasteiger charge is 2.20. The summed E-state index contributed by atoms with van der Waals surface area (Å²) in [5.41, 5.74) is 9.48. The van der Waals surface area contributed by atoms with E-state index in [0.29, 0.717) is 17.8 Å². The summed E-state index contributed by atoms with van der Waals surface area (Å²) in [7, 11) is 0. The lowest BCUT2D eigenvalue weighted by Crippen LogP contribution is -2.39. The maximum absolute atomic E-state index is 12.9. The molecule has 0 atom stereocenters. The number of carbonyl (C=O) groups excluding carboxylic acids is 2. The van der Waals surface area contributed by atoms with Gasteiger partial charge in [-0.05, 0) is 49.6 Å². The van der Waals surface area contributed by atoms with Crippen molar-refractivity contribution in [2.75, 3.05) is 24.1 Å². The van der Waals surface area contributed by atoms with E-state index in [-0.39, 0.29) is 30.8 Å². The summed E-state index contributed by atoms with van der Waals surface area (Å²) in [6, 6.07) is 12.8. The van der Waals surface area contributed by atoms with Gasteiger partial charge in [0.1, 0.15) is 6.54 Å². The zero-order valence-electron chi connectivity index (χ0n) is 15.4. The molecule has 2 aromatic carbocycles. The predicted molar refractivity (Wildman–Crippen MR) is 109 cm³/mol. The van der Waals surface area contributed by atoms with E-state index in [1.807, 2.05) is 51.1 Å². The van der Waals surface area contributed by atoms with Gasteiger partial charge in [-0.1, -0.05) is 31.2 Å². The number of halogens is 1. The van der Waals surface area contributed by atoms with Crippen LogP contribution in [-0.2, 0) is 4.79 Å². The molecule has 0 bridgehead atoms. The third-order valence-electron chi connectivity index (χ3n) is 4.03. The third-order valence-corrected chi connectivity index (χ3v) is 4.03. The number of nitrogen functional groups attached to an aromatic ring is 1. The fraction of sp³-hybridized carbons (Fsp3) is 0.300. The number of hydrogen-bond donors (Lipinski definition) is 2. The third kappa shape index (κ3) is 5.49. The zero-order valence-corrected chi connectivity index (χ0v) is 16.2. The number of aryl methyl sites for hydroxylation is 2. The summed E-state index contributed by atoms with van der Waals surface area (Å²) in [4.78, 5) is 26.8. The Kier molecular flexibility index (Phi) is 8.13. The van der Waals surface area contributed by atoms with Crippen molar-refractivity contribution in [2.24, 2.45) is 0 Å². The number of anilines is 2. The molecule has 0 saturated heterocycles. The van der Waals surface area contributed by atoms with Crippen LogP contribution in [0.2, 0.25) is 0 Å². The number of rotatable bonds is 6. The van der Waals surface area contributed by atoms with Crippen LogP contribution in [0.4, 0.5) is 11.4 Å². The van der Waals surface area contributed by atoms with Crippen LogP contribution in [-0.4, -0.2) is 29.8 Å². The van der Waals surface area contributed by atoms with Crippen LogP contribution in [0.5, 0.6) is 0 Å². The van der Waals surface area contributed by atoms with Gasteiger partial charge in [-0.3, -0.25) is 9.59 Å². The SMILES string of the molecule is CCCN(CC(=O)Nc1ccccc1C)C(=O)c1cc(N)ccc1C.Cl. The molecule has 26 heavy (non-hydrogen) atoms. The topological polar surface area (TPSA) is 75.4 Å². The second-order valence-electron chi connectivity index (χ2n) is 6.16. The largest absolute Gasteiger partial charge is 0.399 e. The van der Waals surface area contributed by atoms with E-state index >= 15 is 0 Å². The Morgan fingerprint density at radius 1 is 1.08 bits per heavy atom. The van der Waals surface area contributed by atoms with Crippen LogP contribution in [0.3, 0.4) is 0 Å². The van der Waals surface area contributed by atoms with Crippen molar-refractivity contribution in [1.29, 1.82) is 0 Å². The summed E-state index contributed by atoms with van der Waals surface area (Å²) in [6.45, 7) is 6.29. The van der Waals surface area contributed by atoms with Gasteiger partial charge in [-0.25, -0.2) is 0 Å². The highest BCUT2D eigenvalue weighted by molar-refractivity contribution is 6.00. The monoisotopic (exact) mass is 375 g/mol. The minimum atomic E-state index is -0.211. The van der Waals surface area contributed by atoms with Gasteiger partial charge in [0.15, 0.2) is 0 Å². The van der Waals surface area contributed by atoms with Crippen LogP contribution >= 0.6 is 12.4 Å². The number of para-hydroxylation sites is 1. The van der Waals surface area contributed by atoms with Gasteiger partial charge < -0.3 is 16.0 Å². The summed E-state index contributed by atoms with van der Waals surface area (Å²) < 4.78 is 0. The first-order valence-corrected chi connectivity index (χ1v) is 8.43. The number of hydrogen-bond acceptors (Lipinski definition) is 3. The smallest absolute Gasteiger partial charge is 0.254 e. The highest BCUT2D eigenvalue weighted by Crippen LogP contribution is 2.16. The molecule has 0 saturated carbocycles. The van der Waals surface area contributed by atoms with Crippen molar-refractivity contribution in [3.63, 3.8) is 0 Å². The van der Waals surface area contributed by atoms with Gasteiger partial charge in [0.05, 0.1) is 0 Å². The Bertz CT molecular complexity index is 777. The van der Waals surface area contributed by atoms with E-state index in [9.17, 15) is 9.59 Å². The Labute approximate surface area is 161 Å². The molecule has 0 aromatic heterocycles. The maximum Gasteiger partial charge on any atom is 0.254 e. The van der Waals surface area contributed by atoms with Crippen molar-refractivity contribution >= 4 is 35.6 Å². The second kappa shape index (κ2) is 9.82. The van der Waals surface area contributed by atoms with Gasteiger partial charge in [0, 0.05) is 23.5 Å². The predicted octanol–water partition coefficient (Wildman–Crippen LogP) is 3.80. The quantitative estimate of drug-likeness (QED) is 0.754. The lowest BCUT2D eigenvalue weighted by Gasteiger charge is -2.23. The maximum atomic E-state index is 12.9. The zero-order chi connectivity index (χ0) is 18.4. The average molecular weight is 376 g/mol. The Morgan fingerprint density at radius 3 is 2.42 bits per heavy atom. The summed E-state index contributed by atoms with van der Waals surface area (Å²) in [6.07, 6.45) is 0.769. The Balaban J connectivity index is 0.00000338. The van der Waals surface area contributed by atoms with E-state index in [0.717, 1.165) is 23.2 Å². The molecule has 5 nitrogen and oxygen atoms in total. The lowest BCUT2D eigenvalue weighted by atomic mass is 10.1. The van der Waals surface area contributed by atoms with E-state index in [1.165, 1.54) is 0 Å². The lowest BCUT2D eigenvalue weighted by molar-refractivity contribution is -0.116. The number of nitrogens with two attached hydrogens (primary N) is 1. The second-order valence-corrected chi connectivity index (χ2v) is 6.16. The average Bonchev–Trinajstić information content (AvgIpc) is 2.58. The van der Waals surface area contributed by atoms with Gasteiger partial charge in [-0.15, -0.1) is 12.4 Å². The van der Waals surface area contributed by atoms with Crippen LogP contribution in [0, 0.1) is 13.8 Å². The van der Waals surface area contributed by atoms with Crippen LogP contribution in [0.25, 0.3) is 0 Å². The first-order valence-electron chi connectivity index (χ1n) is 8.43. The number of nitrogens with one attached hydrogen (secondary N) is 1. The van der Waals surface area contributed by atoms with Crippen LogP contribution < -0.4 is 11.1 Å². The van der Waals surface area contributed by atoms with Crippen molar-refractivity contribution < 1.29 is 9.59 Å². The molecule has 0 fully saturated rings. The molecule has 0 radical (unpaired) electrons. The van der Waals surface area contributed by atoms with Gasteiger partial charge in [0.25, 0.3) is 5.91 Å². The van der Waals surface area contributed by atoms with Crippen molar-refractivity contribution in [3.8, 4) is 0 Å².